The third-order valence-electron chi connectivity index (χ3n) is 2.87. The standard InChI is InChI=1S/C16H18O/c1-14(16-10-6-3-7-11-16)17-13-12-15-8-4-2-5-9-15/h2-11,14H,12-13H2,1H3. The summed E-state index contributed by atoms with van der Waals surface area (Å²) in [5.41, 5.74) is 2.56. The summed E-state index contributed by atoms with van der Waals surface area (Å²) in [5, 5.41) is 0. The van der Waals surface area contributed by atoms with E-state index in [4.69, 9.17) is 4.74 Å². The average molecular weight is 226 g/mol. The van der Waals surface area contributed by atoms with Gasteiger partial charge in [-0.05, 0) is 24.5 Å². The average Bonchev–Trinajstić information content (AvgIpc) is 2.41. The first-order valence-corrected chi connectivity index (χ1v) is 6.07. The molecule has 1 atom stereocenters. The number of hydrogen-bond acceptors (Lipinski definition) is 1. The summed E-state index contributed by atoms with van der Waals surface area (Å²) in [4.78, 5) is 0. The van der Waals surface area contributed by atoms with Gasteiger partial charge in [-0.25, -0.2) is 0 Å². The minimum atomic E-state index is 0.167. The Morgan fingerprint density at radius 1 is 0.882 bits per heavy atom. The summed E-state index contributed by atoms with van der Waals surface area (Å²) < 4.78 is 5.83. The molecule has 17 heavy (non-hydrogen) atoms. The molecule has 0 aliphatic rings. The quantitative estimate of drug-likeness (QED) is 0.748. The normalized spacial score (nSPS) is 12.3. The third-order valence-corrected chi connectivity index (χ3v) is 2.87. The van der Waals surface area contributed by atoms with E-state index in [1.165, 1.54) is 11.1 Å². The van der Waals surface area contributed by atoms with Crippen LogP contribution in [0.5, 0.6) is 0 Å². The topological polar surface area (TPSA) is 9.23 Å². The highest BCUT2D eigenvalue weighted by Gasteiger charge is 2.04. The summed E-state index contributed by atoms with van der Waals surface area (Å²) in [6.45, 7) is 2.86. The maximum absolute atomic E-state index is 5.83. The van der Waals surface area contributed by atoms with Crippen molar-refractivity contribution >= 4 is 0 Å². The molecule has 0 amide bonds. The van der Waals surface area contributed by atoms with Crippen LogP contribution in [0.25, 0.3) is 0 Å². The van der Waals surface area contributed by atoms with E-state index in [9.17, 15) is 0 Å². The van der Waals surface area contributed by atoms with Gasteiger partial charge in [0.1, 0.15) is 0 Å². The van der Waals surface area contributed by atoms with Crippen molar-refractivity contribution in [2.24, 2.45) is 0 Å². The monoisotopic (exact) mass is 226 g/mol. The van der Waals surface area contributed by atoms with Crippen LogP contribution in [0.4, 0.5) is 0 Å². The summed E-state index contributed by atoms with van der Waals surface area (Å²) >= 11 is 0. The molecular weight excluding hydrogens is 208 g/mol. The highest BCUT2D eigenvalue weighted by molar-refractivity contribution is 5.17. The smallest absolute Gasteiger partial charge is 0.0796 e. The SMILES string of the molecule is CC(OCCc1ccccc1)c1ccccc1. The first-order chi connectivity index (χ1) is 8.36. The van der Waals surface area contributed by atoms with Crippen LogP contribution in [0.2, 0.25) is 0 Å². The molecule has 0 aliphatic heterocycles. The third kappa shape index (κ3) is 3.72. The van der Waals surface area contributed by atoms with Gasteiger partial charge in [-0.2, -0.15) is 0 Å². The van der Waals surface area contributed by atoms with E-state index in [0.29, 0.717) is 0 Å². The first-order valence-electron chi connectivity index (χ1n) is 6.07. The van der Waals surface area contributed by atoms with Crippen molar-refractivity contribution in [1.29, 1.82) is 0 Å². The van der Waals surface area contributed by atoms with Crippen LogP contribution < -0.4 is 0 Å². The second-order valence-electron chi connectivity index (χ2n) is 4.16. The molecule has 0 aromatic heterocycles. The maximum atomic E-state index is 5.83. The van der Waals surface area contributed by atoms with Crippen LogP contribution in [0.1, 0.15) is 24.2 Å². The summed E-state index contributed by atoms with van der Waals surface area (Å²) in [6, 6.07) is 20.8. The van der Waals surface area contributed by atoms with Gasteiger partial charge in [0.05, 0.1) is 12.7 Å². The predicted octanol–water partition coefficient (Wildman–Crippen LogP) is 4.01. The van der Waals surface area contributed by atoms with E-state index in [1.807, 2.05) is 24.3 Å². The molecule has 0 N–H and O–H groups in total. The summed E-state index contributed by atoms with van der Waals surface area (Å²) in [5.74, 6) is 0. The van der Waals surface area contributed by atoms with Gasteiger partial charge in [-0.1, -0.05) is 60.7 Å². The molecule has 2 aromatic carbocycles. The van der Waals surface area contributed by atoms with Crippen LogP contribution in [0, 0.1) is 0 Å². The molecular formula is C16H18O. The van der Waals surface area contributed by atoms with Crippen molar-refractivity contribution < 1.29 is 4.74 Å². The molecule has 0 saturated heterocycles. The fraction of sp³-hybridized carbons (Fsp3) is 0.250. The molecule has 2 rings (SSSR count). The van der Waals surface area contributed by atoms with Gasteiger partial charge in [0.25, 0.3) is 0 Å². The Kier molecular flexibility index (Phi) is 4.34. The Morgan fingerprint density at radius 3 is 2.12 bits per heavy atom. The lowest BCUT2D eigenvalue weighted by molar-refractivity contribution is 0.0681. The predicted molar refractivity (Wildman–Crippen MR) is 71.0 cm³/mol. The lowest BCUT2D eigenvalue weighted by Crippen LogP contribution is -2.03. The zero-order chi connectivity index (χ0) is 11.9. The van der Waals surface area contributed by atoms with Gasteiger partial charge in [0.15, 0.2) is 0 Å². The van der Waals surface area contributed by atoms with Gasteiger partial charge in [0, 0.05) is 0 Å². The maximum Gasteiger partial charge on any atom is 0.0796 e. The zero-order valence-electron chi connectivity index (χ0n) is 10.2. The number of hydrogen-bond donors (Lipinski definition) is 0. The molecule has 0 radical (unpaired) electrons. The lowest BCUT2D eigenvalue weighted by atomic mass is 10.1. The Morgan fingerprint density at radius 2 is 1.47 bits per heavy atom. The molecule has 0 aliphatic carbocycles. The van der Waals surface area contributed by atoms with Crippen LogP contribution in [0.15, 0.2) is 60.7 Å². The molecule has 0 heterocycles. The van der Waals surface area contributed by atoms with Crippen LogP contribution in [-0.2, 0) is 11.2 Å². The summed E-state index contributed by atoms with van der Waals surface area (Å²) in [7, 11) is 0. The second-order valence-corrected chi connectivity index (χ2v) is 4.16. The van der Waals surface area contributed by atoms with Crippen molar-refractivity contribution in [2.75, 3.05) is 6.61 Å². The van der Waals surface area contributed by atoms with Crippen molar-refractivity contribution in [3.63, 3.8) is 0 Å². The van der Waals surface area contributed by atoms with Crippen LogP contribution >= 0.6 is 0 Å². The number of rotatable bonds is 5. The minimum Gasteiger partial charge on any atom is -0.373 e. The Hall–Kier alpha value is -1.60. The minimum absolute atomic E-state index is 0.167. The Bertz CT molecular complexity index is 422. The van der Waals surface area contributed by atoms with Gasteiger partial charge in [-0.15, -0.1) is 0 Å². The lowest BCUT2D eigenvalue weighted by Gasteiger charge is -2.13. The van der Waals surface area contributed by atoms with Gasteiger partial charge >= 0.3 is 0 Å². The van der Waals surface area contributed by atoms with E-state index in [0.717, 1.165) is 13.0 Å². The first kappa shape index (κ1) is 11.9. The van der Waals surface area contributed by atoms with E-state index >= 15 is 0 Å². The molecule has 0 spiro atoms. The van der Waals surface area contributed by atoms with Crippen molar-refractivity contribution in [3.8, 4) is 0 Å². The highest BCUT2D eigenvalue weighted by atomic mass is 16.5. The van der Waals surface area contributed by atoms with Crippen molar-refractivity contribution in [2.45, 2.75) is 19.4 Å². The van der Waals surface area contributed by atoms with Crippen LogP contribution in [0.3, 0.4) is 0 Å². The fourth-order valence-corrected chi connectivity index (χ4v) is 1.82. The molecule has 1 heteroatoms. The van der Waals surface area contributed by atoms with Crippen molar-refractivity contribution in [3.05, 3.63) is 71.8 Å². The Labute approximate surface area is 103 Å². The Balaban J connectivity index is 1.79. The van der Waals surface area contributed by atoms with E-state index < -0.39 is 0 Å². The van der Waals surface area contributed by atoms with Gasteiger partial charge in [-0.3, -0.25) is 0 Å². The fourth-order valence-electron chi connectivity index (χ4n) is 1.82. The van der Waals surface area contributed by atoms with E-state index in [2.05, 4.69) is 43.3 Å². The van der Waals surface area contributed by atoms with Gasteiger partial charge in [0.2, 0.25) is 0 Å². The molecule has 0 fully saturated rings. The molecule has 0 saturated carbocycles. The molecule has 1 unspecified atom stereocenters. The molecule has 88 valence electrons. The largest absolute Gasteiger partial charge is 0.373 e. The van der Waals surface area contributed by atoms with E-state index in [1.54, 1.807) is 0 Å². The second kappa shape index (κ2) is 6.21. The van der Waals surface area contributed by atoms with E-state index in [-0.39, 0.29) is 6.10 Å². The highest BCUT2D eigenvalue weighted by Crippen LogP contribution is 2.16. The number of ether oxygens (including phenoxy) is 1. The number of benzene rings is 2. The summed E-state index contributed by atoms with van der Waals surface area (Å²) in [6.07, 6.45) is 1.14. The van der Waals surface area contributed by atoms with Crippen molar-refractivity contribution in [1.82, 2.24) is 0 Å². The van der Waals surface area contributed by atoms with Crippen LogP contribution in [-0.4, -0.2) is 6.61 Å². The molecule has 1 nitrogen and oxygen atoms in total. The molecule has 2 aromatic rings. The molecule has 0 bridgehead atoms. The van der Waals surface area contributed by atoms with Gasteiger partial charge < -0.3 is 4.74 Å². The zero-order valence-corrected chi connectivity index (χ0v) is 10.2.